The van der Waals surface area contributed by atoms with E-state index in [0.29, 0.717) is 0 Å². The van der Waals surface area contributed by atoms with Crippen molar-refractivity contribution in [3.63, 3.8) is 0 Å². The summed E-state index contributed by atoms with van der Waals surface area (Å²) in [5, 5.41) is 12.8. The standard InChI is InChI=1S/C19H26N2O/c1-15(2)22-18-10-6-9-17(13-18)19(14-20)21-12-11-16-7-4-3-5-8-16/h6-7,9-10,13,15,19,21H,3-5,8,11-12H2,1-2H3. The van der Waals surface area contributed by atoms with Gasteiger partial charge in [-0.25, -0.2) is 0 Å². The van der Waals surface area contributed by atoms with Crippen LogP contribution in [-0.2, 0) is 0 Å². The van der Waals surface area contributed by atoms with Crippen LogP contribution in [-0.4, -0.2) is 12.6 Å². The maximum absolute atomic E-state index is 9.42. The van der Waals surface area contributed by atoms with E-state index in [1.807, 2.05) is 38.1 Å². The summed E-state index contributed by atoms with van der Waals surface area (Å²) in [5.74, 6) is 0.824. The molecule has 0 spiro atoms. The van der Waals surface area contributed by atoms with Crippen LogP contribution in [0.4, 0.5) is 0 Å². The predicted molar refractivity (Wildman–Crippen MR) is 89.7 cm³/mol. The molecule has 22 heavy (non-hydrogen) atoms. The van der Waals surface area contributed by atoms with Gasteiger partial charge in [0.1, 0.15) is 11.8 Å². The zero-order valence-corrected chi connectivity index (χ0v) is 13.6. The fraction of sp³-hybridized carbons (Fsp3) is 0.526. The number of benzene rings is 1. The van der Waals surface area contributed by atoms with Crippen LogP contribution >= 0.6 is 0 Å². The van der Waals surface area contributed by atoms with Gasteiger partial charge in [-0.3, -0.25) is 5.32 Å². The average molecular weight is 298 g/mol. The van der Waals surface area contributed by atoms with Gasteiger partial charge in [-0.2, -0.15) is 5.26 Å². The van der Waals surface area contributed by atoms with Crippen LogP contribution in [0.1, 0.15) is 57.6 Å². The monoisotopic (exact) mass is 298 g/mol. The Morgan fingerprint density at radius 3 is 2.86 bits per heavy atom. The van der Waals surface area contributed by atoms with Crippen molar-refractivity contribution < 1.29 is 4.74 Å². The number of ether oxygens (including phenoxy) is 1. The summed E-state index contributed by atoms with van der Waals surface area (Å²) in [6.45, 7) is 4.86. The second-order valence-electron chi connectivity index (χ2n) is 6.11. The zero-order valence-electron chi connectivity index (χ0n) is 13.6. The van der Waals surface area contributed by atoms with Gasteiger partial charge in [-0.1, -0.05) is 23.8 Å². The van der Waals surface area contributed by atoms with Crippen LogP contribution in [0.3, 0.4) is 0 Å². The van der Waals surface area contributed by atoms with E-state index in [-0.39, 0.29) is 12.1 Å². The molecule has 0 amide bonds. The minimum Gasteiger partial charge on any atom is -0.491 e. The predicted octanol–water partition coefficient (Wildman–Crippen LogP) is 4.52. The van der Waals surface area contributed by atoms with E-state index in [1.165, 1.54) is 31.3 Å². The third kappa shape index (κ3) is 5.20. The Labute approximate surface area is 134 Å². The van der Waals surface area contributed by atoms with Gasteiger partial charge in [0.2, 0.25) is 0 Å². The molecule has 118 valence electrons. The molecule has 0 radical (unpaired) electrons. The minimum absolute atomic E-state index is 0.141. The first-order valence-corrected chi connectivity index (χ1v) is 8.26. The van der Waals surface area contributed by atoms with E-state index in [0.717, 1.165) is 24.3 Å². The molecule has 1 N–H and O–H groups in total. The lowest BCUT2D eigenvalue weighted by molar-refractivity contribution is 0.242. The Kier molecular flexibility index (Phi) is 6.48. The number of hydrogen-bond acceptors (Lipinski definition) is 3. The molecule has 0 fully saturated rings. The lowest BCUT2D eigenvalue weighted by Crippen LogP contribution is -2.21. The summed E-state index contributed by atoms with van der Waals surface area (Å²) in [4.78, 5) is 0. The lowest BCUT2D eigenvalue weighted by atomic mass is 9.97. The summed E-state index contributed by atoms with van der Waals surface area (Å²) < 4.78 is 5.70. The largest absolute Gasteiger partial charge is 0.491 e. The van der Waals surface area contributed by atoms with E-state index in [2.05, 4.69) is 17.5 Å². The molecule has 1 unspecified atom stereocenters. The molecule has 1 atom stereocenters. The van der Waals surface area contributed by atoms with E-state index in [9.17, 15) is 5.26 Å². The van der Waals surface area contributed by atoms with Crippen LogP contribution in [0, 0.1) is 11.3 Å². The summed E-state index contributed by atoms with van der Waals surface area (Å²) in [6, 6.07) is 9.89. The lowest BCUT2D eigenvalue weighted by Gasteiger charge is -2.16. The van der Waals surface area contributed by atoms with Crippen molar-refractivity contribution in [1.29, 1.82) is 5.26 Å². The molecule has 2 rings (SSSR count). The van der Waals surface area contributed by atoms with Crippen LogP contribution in [0.5, 0.6) is 5.75 Å². The molecule has 3 nitrogen and oxygen atoms in total. The third-order valence-electron chi connectivity index (χ3n) is 3.87. The second kappa shape index (κ2) is 8.60. The summed E-state index contributed by atoms with van der Waals surface area (Å²) in [7, 11) is 0. The zero-order chi connectivity index (χ0) is 15.8. The quantitative estimate of drug-likeness (QED) is 0.753. The van der Waals surface area contributed by atoms with E-state index in [4.69, 9.17) is 4.74 Å². The normalized spacial score (nSPS) is 16.0. The van der Waals surface area contributed by atoms with Crippen LogP contribution < -0.4 is 10.1 Å². The van der Waals surface area contributed by atoms with Gasteiger partial charge in [0, 0.05) is 6.54 Å². The van der Waals surface area contributed by atoms with Gasteiger partial charge in [0.15, 0.2) is 0 Å². The average Bonchev–Trinajstić information content (AvgIpc) is 2.52. The topological polar surface area (TPSA) is 45.0 Å². The van der Waals surface area contributed by atoms with Gasteiger partial charge < -0.3 is 4.74 Å². The molecule has 1 aromatic rings. The fourth-order valence-corrected chi connectivity index (χ4v) is 2.79. The smallest absolute Gasteiger partial charge is 0.121 e. The number of nitrogens with zero attached hydrogens (tertiary/aromatic N) is 1. The highest BCUT2D eigenvalue weighted by Crippen LogP contribution is 2.22. The van der Waals surface area contributed by atoms with Crippen LogP contribution in [0.25, 0.3) is 0 Å². The van der Waals surface area contributed by atoms with Crippen molar-refractivity contribution in [2.24, 2.45) is 0 Å². The van der Waals surface area contributed by atoms with Gasteiger partial charge in [-0.15, -0.1) is 0 Å². The Bertz CT molecular complexity index is 543. The molecular formula is C19H26N2O. The highest BCUT2D eigenvalue weighted by Gasteiger charge is 2.11. The number of nitriles is 1. The minimum atomic E-state index is -0.278. The number of nitrogens with one attached hydrogen (secondary N) is 1. The molecule has 0 saturated heterocycles. The van der Waals surface area contributed by atoms with E-state index < -0.39 is 0 Å². The van der Waals surface area contributed by atoms with Gasteiger partial charge >= 0.3 is 0 Å². The molecular weight excluding hydrogens is 272 g/mol. The van der Waals surface area contributed by atoms with Crippen LogP contribution in [0.15, 0.2) is 35.9 Å². The summed E-state index contributed by atoms with van der Waals surface area (Å²) in [5.41, 5.74) is 2.51. The van der Waals surface area contributed by atoms with E-state index >= 15 is 0 Å². The highest BCUT2D eigenvalue weighted by molar-refractivity contribution is 5.33. The number of allylic oxidation sites excluding steroid dienone is 1. The molecule has 3 heteroatoms. The first-order chi connectivity index (χ1) is 10.7. The van der Waals surface area contributed by atoms with Crippen molar-refractivity contribution in [1.82, 2.24) is 5.32 Å². The third-order valence-corrected chi connectivity index (χ3v) is 3.87. The van der Waals surface area contributed by atoms with Crippen molar-refractivity contribution in [2.75, 3.05) is 6.54 Å². The van der Waals surface area contributed by atoms with E-state index in [1.54, 1.807) is 0 Å². The van der Waals surface area contributed by atoms with Gasteiger partial charge in [-0.05, 0) is 63.6 Å². The maximum Gasteiger partial charge on any atom is 0.121 e. The Hall–Kier alpha value is -1.79. The first-order valence-electron chi connectivity index (χ1n) is 8.26. The Balaban J connectivity index is 1.90. The fourth-order valence-electron chi connectivity index (χ4n) is 2.79. The highest BCUT2D eigenvalue weighted by atomic mass is 16.5. The van der Waals surface area contributed by atoms with Gasteiger partial charge in [0.05, 0.1) is 12.2 Å². The summed E-state index contributed by atoms with van der Waals surface area (Å²) in [6.07, 6.45) is 8.61. The SMILES string of the molecule is CC(C)Oc1cccc(C(C#N)NCCC2=CCCCC2)c1. The Morgan fingerprint density at radius 1 is 1.32 bits per heavy atom. The van der Waals surface area contributed by atoms with Crippen molar-refractivity contribution in [3.05, 3.63) is 41.5 Å². The first kappa shape index (κ1) is 16.6. The van der Waals surface area contributed by atoms with Gasteiger partial charge in [0.25, 0.3) is 0 Å². The number of rotatable bonds is 7. The molecule has 1 aliphatic rings. The Morgan fingerprint density at radius 2 is 2.18 bits per heavy atom. The molecule has 0 aromatic heterocycles. The van der Waals surface area contributed by atoms with Crippen molar-refractivity contribution in [2.45, 2.75) is 58.1 Å². The van der Waals surface area contributed by atoms with Crippen LogP contribution in [0.2, 0.25) is 0 Å². The summed E-state index contributed by atoms with van der Waals surface area (Å²) >= 11 is 0. The molecule has 0 heterocycles. The molecule has 0 bridgehead atoms. The molecule has 1 aliphatic carbocycles. The molecule has 1 aromatic carbocycles. The molecule has 0 saturated carbocycles. The van der Waals surface area contributed by atoms with Crippen molar-refractivity contribution >= 4 is 0 Å². The maximum atomic E-state index is 9.42. The second-order valence-corrected chi connectivity index (χ2v) is 6.11. The van der Waals surface area contributed by atoms with Crippen molar-refractivity contribution in [3.8, 4) is 11.8 Å². The molecule has 0 aliphatic heterocycles. The number of hydrogen-bond donors (Lipinski definition) is 1.